The Bertz CT molecular complexity index is 414. The highest BCUT2D eigenvalue weighted by molar-refractivity contribution is 5.35. The minimum Gasteiger partial charge on any atom is -0.467 e. The lowest BCUT2D eigenvalue weighted by Gasteiger charge is -2.05. The summed E-state index contributed by atoms with van der Waals surface area (Å²) in [6, 6.07) is 8.51. The molecule has 0 atom stereocenters. The molecule has 15 heavy (non-hydrogen) atoms. The molecule has 0 aliphatic rings. The SMILES string of the molecule is COCOc1[c]c(-n2nccn2)ccc1. The summed E-state index contributed by atoms with van der Waals surface area (Å²) in [5.41, 5.74) is 0.730. The predicted molar refractivity (Wildman–Crippen MR) is 52.7 cm³/mol. The van der Waals surface area contributed by atoms with Gasteiger partial charge >= 0.3 is 0 Å². The van der Waals surface area contributed by atoms with Crippen molar-refractivity contribution in [2.45, 2.75) is 0 Å². The summed E-state index contributed by atoms with van der Waals surface area (Å²) in [6.45, 7) is 0.201. The maximum Gasteiger partial charge on any atom is 0.188 e. The minimum atomic E-state index is 0.201. The van der Waals surface area contributed by atoms with Gasteiger partial charge < -0.3 is 9.47 Å². The Labute approximate surface area is 87.2 Å². The molecule has 0 unspecified atom stereocenters. The van der Waals surface area contributed by atoms with Crippen LogP contribution in [0.1, 0.15) is 0 Å². The van der Waals surface area contributed by atoms with Crippen molar-refractivity contribution < 1.29 is 9.47 Å². The zero-order chi connectivity index (χ0) is 10.5. The first-order chi connectivity index (χ1) is 7.40. The molecule has 2 aromatic rings. The molecule has 2 rings (SSSR count). The van der Waals surface area contributed by atoms with Crippen LogP contribution in [0.5, 0.6) is 5.75 Å². The Morgan fingerprint density at radius 1 is 1.33 bits per heavy atom. The van der Waals surface area contributed by atoms with Crippen LogP contribution in [0.25, 0.3) is 5.69 Å². The smallest absolute Gasteiger partial charge is 0.188 e. The van der Waals surface area contributed by atoms with Gasteiger partial charge in [-0.15, -0.1) is 0 Å². The minimum absolute atomic E-state index is 0.201. The largest absolute Gasteiger partial charge is 0.467 e. The van der Waals surface area contributed by atoms with E-state index in [1.165, 1.54) is 4.80 Å². The second-order valence-corrected chi connectivity index (χ2v) is 2.77. The Kier molecular flexibility index (Phi) is 2.94. The lowest BCUT2D eigenvalue weighted by atomic mass is 10.3. The highest BCUT2D eigenvalue weighted by Crippen LogP contribution is 2.13. The molecule has 5 nitrogen and oxygen atoms in total. The fourth-order valence-corrected chi connectivity index (χ4v) is 1.10. The Morgan fingerprint density at radius 2 is 2.13 bits per heavy atom. The molecule has 1 aromatic heterocycles. The van der Waals surface area contributed by atoms with Gasteiger partial charge in [-0.2, -0.15) is 15.0 Å². The topological polar surface area (TPSA) is 49.2 Å². The summed E-state index contributed by atoms with van der Waals surface area (Å²) in [7, 11) is 1.57. The Hall–Kier alpha value is -1.88. The van der Waals surface area contributed by atoms with Crippen molar-refractivity contribution >= 4 is 0 Å². The van der Waals surface area contributed by atoms with E-state index in [1.807, 2.05) is 12.1 Å². The number of ether oxygens (including phenoxy) is 2. The molecular weight excluding hydrogens is 194 g/mol. The molecule has 1 heterocycles. The van der Waals surface area contributed by atoms with Crippen LogP contribution < -0.4 is 4.74 Å². The lowest BCUT2D eigenvalue weighted by molar-refractivity contribution is 0.0509. The number of hydrogen-bond acceptors (Lipinski definition) is 4. The maximum absolute atomic E-state index is 5.25. The molecule has 0 aliphatic heterocycles. The fourth-order valence-electron chi connectivity index (χ4n) is 1.10. The van der Waals surface area contributed by atoms with Crippen molar-refractivity contribution in [1.29, 1.82) is 0 Å². The summed E-state index contributed by atoms with van der Waals surface area (Å²) < 4.78 is 10.0. The average Bonchev–Trinajstić information content (AvgIpc) is 2.80. The van der Waals surface area contributed by atoms with Crippen LogP contribution in [0.4, 0.5) is 0 Å². The van der Waals surface area contributed by atoms with Gasteiger partial charge in [0, 0.05) is 7.11 Å². The molecule has 0 saturated heterocycles. The van der Waals surface area contributed by atoms with Crippen molar-refractivity contribution in [2.75, 3.05) is 13.9 Å². The van der Waals surface area contributed by atoms with Gasteiger partial charge in [0.2, 0.25) is 0 Å². The third-order valence-corrected chi connectivity index (χ3v) is 1.72. The number of aromatic nitrogens is 3. The molecule has 0 aliphatic carbocycles. The van der Waals surface area contributed by atoms with Crippen LogP contribution in [0, 0.1) is 6.07 Å². The van der Waals surface area contributed by atoms with Crippen LogP contribution in [0.3, 0.4) is 0 Å². The first-order valence-electron chi connectivity index (χ1n) is 4.41. The summed E-state index contributed by atoms with van der Waals surface area (Å²) >= 11 is 0. The molecule has 77 valence electrons. The Morgan fingerprint density at radius 3 is 2.87 bits per heavy atom. The highest BCUT2D eigenvalue weighted by atomic mass is 16.7. The van der Waals surface area contributed by atoms with Crippen LogP contribution in [-0.2, 0) is 4.74 Å². The predicted octanol–water partition coefficient (Wildman–Crippen LogP) is 1.05. The zero-order valence-electron chi connectivity index (χ0n) is 8.25. The van der Waals surface area contributed by atoms with Crippen molar-refractivity contribution in [3.63, 3.8) is 0 Å². The molecule has 0 fully saturated rings. The van der Waals surface area contributed by atoms with Crippen LogP contribution in [-0.4, -0.2) is 28.9 Å². The van der Waals surface area contributed by atoms with Gasteiger partial charge in [-0.25, -0.2) is 0 Å². The molecule has 0 saturated carbocycles. The molecule has 0 bridgehead atoms. The van der Waals surface area contributed by atoms with Crippen molar-refractivity contribution in [1.82, 2.24) is 15.0 Å². The van der Waals surface area contributed by atoms with Gasteiger partial charge in [-0.1, -0.05) is 6.07 Å². The van der Waals surface area contributed by atoms with E-state index < -0.39 is 0 Å². The van der Waals surface area contributed by atoms with Crippen molar-refractivity contribution in [2.24, 2.45) is 0 Å². The quantitative estimate of drug-likeness (QED) is 0.698. The fraction of sp³-hybridized carbons (Fsp3) is 0.200. The van der Waals surface area contributed by atoms with Gasteiger partial charge in [0.25, 0.3) is 0 Å². The van der Waals surface area contributed by atoms with E-state index in [0.717, 1.165) is 5.69 Å². The molecular formula is C10H10N3O2. The average molecular weight is 204 g/mol. The molecule has 1 aromatic carbocycles. The van der Waals surface area contributed by atoms with Gasteiger partial charge in [0.05, 0.1) is 24.1 Å². The number of hydrogen-bond donors (Lipinski definition) is 0. The van der Waals surface area contributed by atoms with Crippen LogP contribution in [0.15, 0.2) is 30.6 Å². The number of rotatable bonds is 4. The normalized spacial score (nSPS) is 10.2. The number of nitrogens with zero attached hydrogens (tertiary/aromatic N) is 3. The maximum atomic E-state index is 5.25. The van der Waals surface area contributed by atoms with Gasteiger partial charge in [0.1, 0.15) is 5.75 Å². The van der Waals surface area contributed by atoms with Crippen LogP contribution in [0.2, 0.25) is 0 Å². The summed E-state index contributed by atoms with van der Waals surface area (Å²) in [6.07, 6.45) is 3.22. The van der Waals surface area contributed by atoms with E-state index in [9.17, 15) is 0 Å². The monoisotopic (exact) mass is 204 g/mol. The van der Waals surface area contributed by atoms with E-state index >= 15 is 0 Å². The van der Waals surface area contributed by atoms with E-state index in [2.05, 4.69) is 16.3 Å². The molecule has 5 heteroatoms. The zero-order valence-corrected chi connectivity index (χ0v) is 8.25. The summed E-state index contributed by atoms with van der Waals surface area (Å²) in [5.74, 6) is 0.603. The van der Waals surface area contributed by atoms with Gasteiger partial charge in [0.15, 0.2) is 6.79 Å². The second-order valence-electron chi connectivity index (χ2n) is 2.77. The van der Waals surface area contributed by atoms with Crippen molar-refractivity contribution in [3.8, 4) is 11.4 Å². The highest BCUT2D eigenvalue weighted by Gasteiger charge is 2.00. The van der Waals surface area contributed by atoms with Gasteiger partial charge in [-0.3, -0.25) is 0 Å². The summed E-state index contributed by atoms with van der Waals surface area (Å²) in [4.78, 5) is 1.47. The molecule has 0 amide bonds. The van der Waals surface area contributed by atoms with Crippen LogP contribution >= 0.6 is 0 Å². The molecule has 0 N–H and O–H groups in total. The first-order valence-corrected chi connectivity index (χ1v) is 4.41. The van der Waals surface area contributed by atoms with Crippen molar-refractivity contribution in [3.05, 3.63) is 36.7 Å². The third kappa shape index (κ3) is 2.32. The van der Waals surface area contributed by atoms with Gasteiger partial charge in [-0.05, 0) is 12.1 Å². The van der Waals surface area contributed by atoms with E-state index in [-0.39, 0.29) is 6.79 Å². The number of methoxy groups -OCH3 is 1. The van der Waals surface area contributed by atoms with E-state index in [0.29, 0.717) is 5.75 Å². The first kappa shape index (κ1) is 9.67. The standard InChI is InChI=1S/C10H10N3O2/c1-14-8-15-10-4-2-3-9(7-10)13-11-5-6-12-13/h2-6H,8H2,1H3. The van der Waals surface area contributed by atoms with E-state index in [4.69, 9.17) is 9.47 Å². The third-order valence-electron chi connectivity index (χ3n) is 1.72. The number of benzene rings is 1. The lowest BCUT2D eigenvalue weighted by Crippen LogP contribution is -2.02. The summed E-state index contributed by atoms with van der Waals surface area (Å²) in [5, 5.41) is 7.99. The molecule has 1 radical (unpaired) electrons. The Balaban J connectivity index is 2.19. The molecule has 0 spiro atoms. The second kappa shape index (κ2) is 4.56. The van der Waals surface area contributed by atoms with E-state index in [1.54, 1.807) is 25.6 Å².